The Labute approximate surface area is 386 Å². The highest BCUT2D eigenvalue weighted by molar-refractivity contribution is 7.47. The van der Waals surface area contributed by atoms with Gasteiger partial charge < -0.3 is 20.1 Å². The van der Waals surface area contributed by atoms with Crippen LogP contribution in [0, 0.1) is 0 Å². The molecule has 0 aromatic rings. The molecule has 0 aliphatic heterocycles. The van der Waals surface area contributed by atoms with E-state index in [2.05, 4.69) is 86.8 Å². The van der Waals surface area contributed by atoms with E-state index in [-0.39, 0.29) is 38.6 Å². The van der Waals surface area contributed by atoms with Crippen LogP contribution in [0.5, 0.6) is 0 Å². The van der Waals surface area contributed by atoms with Gasteiger partial charge in [-0.1, -0.05) is 196 Å². The lowest BCUT2D eigenvalue weighted by molar-refractivity contribution is -0.161. The smallest absolute Gasteiger partial charge is 0.462 e. The van der Waals surface area contributed by atoms with Crippen molar-refractivity contribution < 1.29 is 37.6 Å². The molecule has 0 heterocycles. The van der Waals surface area contributed by atoms with Gasteiger partial charge in [-0.2, -0.15) is 0 Å². The third-order valence-corrected chi connectivity index (χ3v) is 11.6. The molecule has 0 fully saturated rings. The van der Waals surface area contributed by atoms with Gasteiger partial charge in [0.15, 0.2) is 6.10 Å². The summed E-state index contributed by atoms with van der Waals surface area (Å²) < 4.78 is 32.9. The molecule has 0 aliphatic rings. The van der Waals surface area contributed by atoms with Crippen molar-refractivity contribution >= 4 is 19.8 Å². The Bertz CT molecular complexity index is 1260. The summed E-state index contributed by atoms with van der Waals surface area (Å²) in [4.78, 5) is 35.1. The highest BCUT2D eigenvalue weighted by Crippen LogP contribution is 2.43. The lowest BCUT2D eigenvalue weighted by Gasteiger charge is -2.19. The highest BCUT2D eigenvalue weighted by Gasteiger charge is 2.26. The van der Waals surface area contributed by atoms with E-state index in [0.717, 1.165) is 83.5 Å². The number of carbonyl (C=O) groups is 2. The van der Waals surface area contributed by atoms with Gasteiger partial charge >= 0.3 is 19.8 Å². The standard InChI is InChI=1S/C53H94NO8P/c1-3-5-7-9-11-13-15-17-19-21-23-25-27-29-31-33-35-37-39-41-43-45-52(55)59-49-51(50-61-63(57,58)60-48-47-54)62-53(56)46-44-42-40-38-36-34-32-30-28-26-24-22-20-18-16-14-12-10-8-6-4-2/h6,8,12,14,18,20-21,23-24,26,30,32,51H,3-5,7,9-11,13,15-17,19,22,25,27-29,31,33-50,54H2,1-2H3,(H,57,58)/b8-6-,14-12-,20-18-,23-21-,26-24-,32-30-. The van der Waals surface area contributed by atoms with Crippen LogP contribution in [0.3, 0.4) is 0 Å². The van der Waals surface area contributed by atoms with Crippen molar-refractivity contribution in [2.24, 2.45) is 5.73 Å². The van der Waals surface area contributed by atoms with Gasteiger partial charge in [-0.15, -0.1) is 0 Å². The Balaban J connectivity index is 4.11. The van der Waals surface area contributed by atoms with Crippen molar-refractivity contribution in [2.45, 2.75) is 225 Å². The first kappa shape index (κ1) is 60.5. The van der Waals surface area contributed by atoms with Gasteiger partial charge in [0.05, 0.1) is 13.2 Å². The zero-order valence-corrected chi connectivity index (χ0v) is 41.2. The molecule has 2 atom stereocenters. The van der Waals surface area contributed by atoms with Gasteiger partial charge in [0, 0.05) is 19.4 Å². The molecule has 0 amide bonds. The van der Waals surface area contributed by atoms with E-state index in [9.17, 15) is 19.0 Å². The molecule has 2 unspecified atom stereocenters. The predicted octanol–water partition coefficient (Wildman–Crippen LogP) is 15.4. The largest absolute Gasteiger partial charge is 0.472 e. The Morgan fingerprint density at radius 2 is 0.873 bits per heavy atom. The number of hydrogen-bond donors (Lipinski definition) is 2. The fraction of sp³-hybridized carbons (Fsp3) is 0.736. The normalized spacial score (nSPS) is 13.8. The molecule has 0 rings (SSSR count). The summed E-state index contributed by atoms with van der Waals surface area (Å²) in [7, 11) is -4.39. The van der Waals surface area contributed by atoms with Crippen molar-refractivity contribution in [3.8, 4) is 0 Å². The summed E-state index contributed by atoms with van der Waals surface area (Å²) in [6.45, 7) is 3.61. The minimum absolute atomic E-state index is 0.0465. The average molecular weight is 904 g/mol. The van der Waals surface area contributed by atoms with E-state index in [1.807, 2.05) is 0 Å². The van der Waals surface area contributed by atoms with Crippen LogP contribution in [-0.2, 0) is 32.7 Å². The molecule has 0 saturated carbocycles. The number of allylic oxidation sites excluding steroid dienone is 12. The summed E-state index contributed by atoms with van der Waals surface area (Å²) in [5.74, 6) is -0.852. The molecule has 0 aromatic carbocycles. The third-order valence-electron chi connectivity index (χ3n) is 10.6. The van der Waals surface area contributed by atoms with Gasteiger partial charge in [-0.3, -0.25) is 18.6 Å². The quantitative estimate of drug-likeness (QED) is 0.0265. The van der Waals surface area contributed by atoms with Gasteiger partial charge in [-0.05, 0) is 83.5 Å². The van der Waals surface area contributed by atoms with Crippen LogP contribution in [0.1, 0.15) is 219 Å². The third kappa shape index (κ3) is 48.7. The number of phosphoric acid groups is 1. The molecule has 0 radical (unpaired) electrons. The SMILES string of the molecule is CC/C=C\C/C=C\C/C=C\C/C=C\C/C=C\CCCCCCCC(=O)OC(COC(=O)CCCCCCCCCCC/C=C\CCCCCCCCCC)COP(=O)(O)OCCN. The molecule has 0 aliphatic carbocycles. The first-order chi connectivity index (χ1) is 30.8. The minimum Gasteiger partial charge on any atom is -0.462 e. The Morgan fingerprint density at radius 3 is 1.32 bits per heavy atom. The highest BCUT2D eigenvalue weighted by atomic mass is 31.2. The van der Waals surface area contributed by atoms with E-state index >= 15 is 0 Å². The van der Waals surface area contributed by atoms with Crippen LogP contribution in [0.4, 0.5) is 0 Å². The summed E-state index contributed by atoms with van der Waals surface area (Å²) in [5, 5.41) is 0. The van der Waals surface area contributed by atoms with E-state index < -0.39 is 26.5 Å². The summed E-state index contributed by atoms with van der Waals surface area (Å²) in [5.41, 5.74) is 5.36. The molecule has 9 nitrogen and oxygen atoms in total. The first-order valence-corrected chi connectivity index (χ1v) is 26.9. The molecule has 0 saturated heterocycles. The van der Waals surface area contributed by atoms with Crippen molar-refractivity contribution in [2.75, 3.05) is 26.4 Å². The maximum Gasteiger partial charge on any atom is 0.472 e. The molecular weight excluding hydrogens is 810 g/mol. The fourth-order valence-electron chi connectivity index (χ4n) is 6.83. The van der Waals surface area contributed by atoms with Crippen LogP contribution in [0.2, 0.25) is 0 Å². The van der Waals surface area contributed by atoms with Crippen LogP contribution in [0.15, 0.2) is 72.9 Å². The summed E-state index contributed by atoms with van der Waals surface area (Å²) >= 11 is 0. The second kappa shape index (κ2) is 48.9. The fourth-order valence-corrected chi connectivity index (χ4v) is 7.60. The molecule has 364 valence electrons. The molecule has 0 aromatic heterocycles. The number of nitrogens with two attached hydrogens (primary N) is 1. The van der Waals surface area contributed by atoms with E-state index in [4.69, 9.17) is 24.3 Å². The summed E-state index contributed by atoms with van der Waals surface area (Å²) in [6.07, 6.45) is 60.8. The maximum atomic E-state index is 12.6. The molecule has 0 spiro atoms. The molecule has 63 heavy (non-hydrogen) atoms. The average Bonchev–Trinajstić information content (AvgIpc) is 3.27. The lowest BCUT2D eigenvalue weighted by atomic mass is 10.1. The Morgan fingerprint density at radius 1 is 0.492 bits per heavy atom. The van der Waals surface area contributed by atoms with Crippen LogP contribution in [0.25, 0.3) is 0 Å². The van der Waals surface area contributed by atoms with Gasteiger partial charge in [0.1, 0.15) is 6.61 Å². The molecule has 10 heteroatoms. The van der Waals surface area contributed by atoms with E-state index in [1.165, 1.54) is 103 Å². The number of esters is 2. The van der Waals surface area contributed by atoms with Crippen LogP contribution < -0.4 is 5.73 Å². The minimum atomic E-state index is -4.39. The molecule has 3 N–H and O–H groups in total. The van der Waals surface area contributed by atoms with Gasteiger partial charge in [0.2, 0.25) is 0 Å². The summed E-state index contributed by atoms with van der Waals surface area (Å²) in [6, 6.07) is 0. The van der Waals surface area contributed by atoms with Gasteiger partial charge in [0.25, 0.3) is 0 Å². The number of phosphoric ester groups is 1. The zero-order valence-electron chi connectivity index (χ0n) is 40.3. The molecule has 0 bridgehead atoms. The number of carbonyl (C=O) groups excluding carboxylic acids is 2. The number of hydrogen-bond acceptors (Lipinski definition) is 8. The van der Waals surface area contributed by atoms with Crippen LogP contribution >= 0.6 is 7.82 Å². The van der Waals surface area contributed by atoms with Crippen molar-refractivity contribution in [3.63, 3.8) is 0 Å². The van der Waals surface area contributed by atoms with Crippen LogP contribution in [-0.4, -0.2) is 49.3 Å². The van der Waals surface area contributed by atoms with Crippen molar-refractivity contribution in [1.29, 1.82) is 0 Å². The zero-order chi connectivity index (χ0) is 46.0. The number of unbranched alkanes of at least 4 members (excludes halogenated alkanes) is 22. The number of rotatable bonds is 47. The second-order valence-corrected chi connectivity index (χ2v) is 18.1. The van der Waals surface area contributed by atoms with E-state index in [0.29, 0.717) is 6.42 Å². The Kier molecular flexibility index (Phi) is 46.9. The molecular formula is C53H94NO8P. The monoisotopic (exact) mass is 904 g/mol. The topological polar surface area (TPSA) is 134 Å². The van der Waals surface area contributed by atoms with Gasteiger partial charge in [-0.25, -0.2) is 4.57 Å². The second-order valence-electron chi connectivity index (χ2n) is 16.7. The first-order valence-electron chi connectivity index (χ1n) is 25.4. The maximum absolute atomic E-state index is 12.6. The number of ether oxygens (including phenoxy) is 2. The van der Waals surface area contributed by atoms with Crippen molar-refractivity contribution in [3.05, 3.63) is 72.9 Å². The predicted molar refractivity (Wildman–Crippen MR) is 266 cm³/mol. The van der Waals surface area contributed by atoms with Crippen molar-refractivity contribution in [1.82, 2.24) is 0 Å². The lowest BCUT2D eigenvalue weighted by Crippen LogP contribution is -2.29. The van der Waals surface area contributed by atoms with E-state index in [1.54, 1.807) is 0 Å². The Hall–Kier alpha value is -2.55.